The summed E-state index contributed by atoms with van der Waals surface area (Å²) < 4.78 is 12.8. The number of carbonyl (C=O) groups excluding carboxylic acids is 1. The molecule has 0 unspecified atom stereocenters. The highest BCUT2D eigenvalue weighted by Gasteiger charge is 2.42. The van der Waals surface area contributed by atoms with Gasteiger partial charge in [0.15, 0.2) is 0 Å². The van der Waals surface area contributed by atoms with Crippen molar-refractivity contribution in [1.29, 1.82) is 0 Å². The van der Waals surface area contributed by atoms with Crippen LogP contribution in [0.4, 0.5) is 4.39 Å². The highest BCUT2D eigenvalue weighted by Crippen LogP contribution is 2.44. The number of amides is 1. The molecule has 0 aromatic heterocycles. The van der Waals surface area contributed by atoms with Gasteiger partial charge in [-0.2, -0.15) is 0 Å². The zero-order chi connectivity index (χ0) is 12.5. The molecule has 17 heavy (non-hydrogen) atoms. The molecular formula is C12H13ClFNO2. The molecule has 1 aromatic carbocycles. The largest absolute Gasteiger partial charge is 0.396 e. The third-order valence-corrected chi connectivity index (χ3v) is 3.40. The summed E-state index contributed by atoms with van der Waals surface area (Å²) in [5.41, 5.74) is 0.101. The minimum atomic E-state index is -0.472. The summed E-state index contributed by atoms with van der Waals surface area (Å²) in [5, 5.41) is 11.9. The first-order valence-electron chi connectivity index (χ1n) is 5.40. The van der Waals surface area contributed by atoms with Gasteiger partial charge in [0.25, 0.3) is 5.91 Å². The Balaban J connectivity index is 2.00. The SMILES string of the molecule is O=C(NCC1(CO)CC1)c1ccc(F)cc1Cl. The third kappa shape index (κ3) is 2.76. The maximum Gasteiger partial charge on any atom is 0.252 e. The number of halogens is 2. The van der Waals surface area contributed by atoms with Crippen molar-refractivity contribution in [3.63, 3.8) is 0 Å². The van der Waals surface area contributed by atoms with E-state index in [1.807, 2.05) is 0 Å². The van der Waals surface area contributed by atoms with Gasteiger partial charge >= 0.3 is 0 Å². The van der Waals surface area contributed by atoms with Crippen molar-refractivity contribution in [2.45, 2.75) is 12.8 Å². The van der Waals surface area contributed by atoms with Crippen LogP contribution in [0.15, 0.2) is 18.2 Å². The fraction of sp³-hybridized carbons (Fsp3) is 0.417. The minimum Gasteiger partial charge on any atom is -0.396 e. The molecule has 0 bridgehead atoms. The topological polar surface area (TPSA) is 49.3 Å². The van der Waals surface area contributed by atoms with Gasteiger partial charge < -0.3 is 10.4 Å². The van der Waals surface area contributed by atoms with Crippen molar-refractivity contribution in [3.8, 4) is 0 Å². The first kappa shape index (κ1) is 12.3. The lowest BCUT2D eigenvalue weighted by molar-refractivity contribution is 0.0935. The maximum atomic E-state index is 12.8. The second-order valence-corrected chi connectivity index (χ2v) is 4.87. The van der Waals surface area contributed by atoms with E-state index >= 15 is 0 Å². The predicted octanol–water partition coefficient (Wildman–Crippen LogP) is 1.98. The van der Waals surface area contributed by atoms with Gasteiger partial charge in [0, 0.05) is 12.0 Å². The number of aliphatic hydroxyl groups excluding tert-OH is 1. The van der Waals surface area contributed by atoms with Gasteiger partial charge in [0.05, 0.1) is 17.2 Å². The van der Waals surface area contributed by atoms with Gasteiger partial charge in [-0.15, -0.1) is 0 Å². The minimum absolute atomic E-state index is 0.0738. The van der Waals surface area contributed by atoms with Crippen LogP contribution in [0, 0.1) is 11.2 Å². The molecular weight excluding hydrogens is 245 g/mol. The number of rotatable bonds is 4. The molecule has 1 amide bonds. The summed E-state index contributed by atoms with van der Waals surface area (Å²) in [5.74, 6) is -0.810. The molecule has 2 N–H and O–H groups in total. The van der Waals surface area contributed by atoms with Crippen LogP contribution in [-0.2, 0) is 0 Å². The van der Waals surface area contributed by atoms with Crippen molar-refractivity contribution in [2.24, 2.45) is 5.41 Å². The van der Waals surface area contributed by atoms with E-state index in [1.165, 1.54) is 12.1 Å². The molecule has 1 saturated carbocycles. The van der Waals surface area contributed by atoms with Gasteiger partial charge in [0.1, 0.15) is 5.82 Å². The molecule has 0 aliphatic heterocycles. The standard InChI is InChI=1S/C12H13ClFNO2/c13-10-5-8(14)1-2-9(10)11(17)15-6-12(7-16)3-4-12/h1-2,5,16H,3-4,6-7H2,(H,15,17). The lowest BCUT2D eigenvalue weighted by Crippen LogP contribution is -2.32. The van der Waals surface area contributed by atoms with Crippen molar-refractivity contribution in [3.05, 3.63) is 34.6 Å². The smallest absolute Gasteiger partial charge is 0.252 e. The monoisotopic (exact) mass is 257 g/mol. The van der Waals surface area contributed by atoms with Crippen molar-refractivity contribution < 1.29 is 14.3 Å². The van der Waals surface area contributed by atoms with Gasteiger partial charge in [-0.3, -0.25) is 4.79 Å². The van der Waals surface area contributed by atoms with E-state index in [2.05, 4.69) is 5.32 Å². The Bertz CT molecular complexity index is 446. The van der Waals surface area contributed by atoms with Crippen molar-refractivity contribution in [2.75, 3.05) is 13.2 Å². The molecule has 2 rings (SSSR count). The van der Waals surface area contributed by atoms with E-state index in [4.69, 9.17) is 16.7 Å². The summed E-state index contributed by atoms with van der Waals surface area (Å²) in [6, 6.07) is 3.65. The van der Waals surface area contributed by atoms with Gasteiger partial charge in [-0.25, -0.2) is 4.39 Å². The lowest BCUT2D eigenvalue weighted by atomic mass is 10.1. The van der Waals surface area contributed by atoms with Crippen LogP contribution in [0.1, 0.15) is 23.2 Å². The Morgan fingerprint density at radius 2 is 2.24 bits per heavy atom. The van der Waals surface area contributed by atoms with Crippen molar-refractivity contribution in [1.82, 2.24) is 5.32 Å². The van der Waals surface area contributed by atoms with Crippen LogP contribution < -0.4 is 5.32 Å². The molecule has 0 spiro atoms. The molecule has 0 atom stereocenters. The second-order valence-electron chi connectivity index (χ2n) is 4.46. The van der Waals surface area contributed by atoms with E-state index in [-0.39, 0.29) is 28.5 Å². The predicted molar refractivity (Wildman–Crippen MR) is 62.5 cm³/mol. The molecule has 3 nitrogen and oxygen atoms in total. The van der Waals surface area contributed by atoms with Crippen LogP contribution in [0.3, 0.4) is 0 Å². The zero-order valence-corrected chi connectivity index (χ0v) is 9.93. The Labute approximate surface area is 104 Å². The molecule has 1 aliphatic carbocycles. The zero-order valence-electron chi connectivity index (χ0n) is 9.17. The highest BCUT2D eigenvalue weighted by atomic mass is 35.5. The van der Waals surface area contributed by atoms with E-state index in [0.717, 1.165) is 18.9 Å². The first-order valence-corrected chi connectivity index (χ1v) is 5.78. The molecule has 1 fully saturated rings. The fourth-order valence-corrected chi connectivity index (χ4v) is 1.86. The summed E-state index contributed by atoms with van der Waals surface area (Å²) in [6.45, 7) is 0.500. The number of nitrogens with one attached hydrogen (secondary N) is 1. The Hall–Kier alpha value is -1.13. The Kier molecular flexibility index (Phi) is 3.35. The molecule has 5 heteroatoms. The molecule has 92 valence electrons. The highest BCUT2D eigenvalue weighted by molar-refractivity contribution is 6.33. The van der Waals surface area contributed by atoms with Crippen LogP contribution >= 0.6 is 11.6 Å². The summed E-state index contributed by atoms with van der Waals surface area (Å²) in [6.07, 6.45) is 1.84. The molecule has 1 aliphatic rings. The number of benzene rings is 1. The summed E-state index contributed by atoms with van der Waals surface area (Å²) in [4.78, 5) is 11.8. The molecule has 0 saturated heterocycles. The summed E-state index contributed by atoms with van der Waals surface area (Å²) in [7, 11) is 0. The first-order chi connectivity index (χ1) is 8.06. The second kappa shape index (κ2) is 4.63. The maximum absolute atomic E-state index is 12.8. The normalized spacial score (nSPS) is 16.6. The van der Waals surface area contributed by atoms with E-state index in [0.29, 0.717) is 6.54 Å². The fourth-order valence-electron chi connectivity index (χ4n) is 1.60. The lowest BCUT2D eigenvalue weighted by Gasteiger charge is -2.13. The number of hydrogen-bond acceptors (Lipinski definition) is 2. The van der Waals surface area contributed by atoms with Gasteiger partial charge in [-0.1, -0.05) is 11.6 Å². The van der Waals surface area contributed by atoms with Crippen molar-refractivity contribution >= 4 is 17.5 Å². The average Bonchev–Trinajstić information content (AvgIpc) is 3.07. The van der Waals surface area contributed by atoms with Crippen LogP contribution in [0.25, 0.3) is 0 Å². The number of carbonyl (C=O) groups is 1. The quantitative estimate of drug-likeness (QED) is 0.867. The van der Waals surface area contributed by atoms with Gasteiger partial charge in [0.2, 0.25) is 0 Å². The number of hydrogen-bond donors (Lipinski definition) is 2. The van der Waals surface area contributed by atoms with Crippen LogP contribution in [0.5, 0.6) is 0 Å². The van der Waals surface area contributed by atoms with E-state index < -0.39 is 5.82 Å². The van der Waals surface area contributed by atoms with E-state index in [1.54, 1.807) is 0 Å². The molecule has 0 heterocycles. The molecule has 1 aromatic rings. The summed E-state index contributed by atoms with van der Waals surface area (Å²) >= 11 is 5.77. The van der Waals surface area contributed by atoms with Gasteiger partial charge in [-0.05, 0) is 31.0 Å². The number of aliphatic hydroxyl groups is 1. The Morgan fingerprint density at radius 3 is 2.76 bits per heavy atom. The molecule has 0 radical (unpaired) electrons. The van der Waals surface area contributed by atoms with Crippen LogP contribution in [0.2, 0.25) is 5.02 Å². The van der Waals surface area contributed by atoms with Crippen LogP contribution in [-0.4, -0.2) is 24.2 Å². The van der Waals surface area contributed by atoms with E-state index in [9.17, 15) is 9.18 Å². The Morgan fingerprint density at radius 1 is 1.53 bits per heavy atom. The third-order valence-electron chi connectivity index (χ3n) is 3.09. The average molecular weight is 258 g/mol.